The van der Waals surface area contributed by atoms with Crippen molar-refractivity contribution in [3.8, 4) is 11.1 Å². The molecule has 0 aliphatic carbocycles. The number of methoxy groups -OCH3 is 1. The number of fused-ring (bicyclic) bond motifs is 1. The lowest BCUT2D eigenvalue weighted by molar-refractivity contribution is 0.0588. The molecule has 178 valence electrons. The summed E-state index contributed by atoms with van der Waals surface area (Å²) < 4.78 is 7.32. The molecule has 0 radical (unpaired) electrons. The second kappa shape index (κ2) is 10.7. The van der Waals surface area contributed by atoms with E-state index in [0.29, 0.717) is 21.9 Å². The van der Waals surface area contributed by atoms with E-state index < -0.39 is 5.97 Å². The molecule has 0 spiro atoms. The van der Waals surface area contributed by atoms with Gasteiger partial charge in [0.1, 0.15) is 5.69 Å². The molecular weight excluding hydrogens is 512 g/mol. The summed E-state index contributed by atoms with van der Waals surface area (Å²) in [6.45, 7) is 0.118. The van der Waals surface area contributed by atoms with E-state index in [1.165, 1.54) is 11.7 Å². The molecule has 0 fully saturated rings. The van der Waals surface area contributed by atoms with Crippen LogP contribution < -0.4 is 10.9 Å². The predicted molar refractivity (Wildman–Crippen MR) is 138 cm³/mol. The number of aliphatic hydroxyl groups is 1. The molecule has 0 atom stereocenters. The van der Waals surface area contributed by atoms with Crippen molar-refractivity contribution in [3.05, 3.63) is 104 Å². The maximum atomic E-state index is 13.6. The molecule has 4 aromatic rings. The molecule has 0 aliphatic heterocycles. The average Bonchev–Trinajstić information content (AvgIpc) is 2.89. The van der Waals surface area contributed by atoms with Gasteiger partial charge in [-0.15, -0.1) is 0 Å². The number of rotatable bonds is 7. The summed E-state index contributed by atoms with van der Waals surface area (Å²) in [5.74, 6) is -0.927. The molecule has 35 heavy (non-hydrogen) atoms. The molecule has 2 N–H and O–H groups in total. The zero-order valence-electron chi connectivity index (χ0n) is 19.0. The summed E-state index contributed by atoms with van der Waals surface area (Å²) in [4.78, 5) is 38.8. The van der Waals surface area contributed by atoms with Gasteiger partial charge in [-0.05, 0) is 46.8 Å². The topological polar surface area (TPSA) is 97.6 Å². The van der Waals surface area contributed by atoms with Crippen LogP contribution in [-0.2, 0) is 11.3 Å². The molecule has 0 saturated heterocycles. The van der Waals surface area contributed by atoms with Gasteiger partial charge in [-0.1, -0.05) is 58.4 Å². The van der Waals surface area contributed by atoms with Crippen LogP contribution in [0.15, 0.2) is 82.1 Å². The van der Waals surface area contributed by atoms with Crippen molar-refractivity contribution in [2.24, 2.45) is 0 Å². The van der Waals surface area contributed by atoms with Crippen molar-refractivity contribution in [1.82, 2.24) is 9.88 Å². The van der Waals surface area contributed by atoms with Crippen LogP contribution in [-0.4, -0.2) is 41.8 Å². The zero-order valence-corrected chi connectivity index (χ0v) is 20.5. The quantitative estimate of drug-likeness (QED) is 0.349. The number of ether oxygens (including phenoxy) is 1. The highest BCUT2D eigenvalue weighted by Crippen LogP contribution is 2.33. The number of nitrogens with zero attached hydrogens (tertiary/aromatic N) is 1. The maximum Gasteiger partial charge on any atom is 0.355 e. The van der Waals surface area contributed by atoms with E-state index in [-0.39, 0.29) is 36.9 Å². The first-order valence-corrected chi connectivity index (χ1v) is 11.7. The van der Waals surface area contributed by atoms with Gasteiger partial charge in [-0.3, -0.25) is 14.2 Å². The molecule has 0 bridgehead atoms. The third-order valence-corrected chi connectivity index (χ3v) is 6.12. The molecule has 1 amide bonds. The van der Waals surface area contributed by atoms with Crippen LogP contribution in [0, 0.1) is 0 Å². The molecule has 3 aromatic carbocycles. The van der Waals surface area contributed by atoms with E-state index in [1.807, 2.05) is 36.4 Å². The summed E-state index contributed by atoms with van der Waals surface area (Å²) in [6.07, 6.45) is 0. The van der Waals surface area contributed by atoms with Gasteiger partial charge in [0.05, 0.1) is 20.3 Å². The van der Waals surface area contributed by atoms with Crippen LogP contribution in [0.5, 0.6) is 0 Å². The number of esters is 1. The van der Waals surface area contributed by atoms with Crippen LogP contribution >= 0.6 is 15.9 Å². The molecular formula is C27H23BrN2O5. The lowest BCUT2D eigenvalue weighted by atomic mass is 9.96. The van der Waals surface area contributed by atoms with Crippen molar-refractivity contribution in [1.29, 1.82) is 0 Å². The van der Waals surface area contributed by atoms with Crippen molar-refractivity contribution < 1.29 is 19.4 Å². The van der Waals surface area contributed by atoms with Gasteiger partial charge >= 0.3 is 5.97 Å². The smallest absolute Gasteiger partial charge is 0.355 e. The molecule has 1 aromatic heterocycles. The number of benzene rings is 3. The van der Waals surface area contributed by atoms with Crippen molar-refractivity contribution >= 4 is 38.6 Å². The SMILES string of the molecule is COC(=O)c1c(-c2ccccc2)c2cc(Br)ccc2c(=O)n1Cc1ccc(C(=O)NCCO)cc1. The van der Waals surface area contributed by atoms with Gasteiger partial charge < -0.3 is 15.2 Å². The predicted octanol–water partition coefficient (Wildman–Crippen LogP) is 3.99. The van der Waals surface area contributed by atoms with E-state index in [9.17, 15) is 14.4 Å². The summed E-state index contributed by atoms with van der Waals surface area (Å²) in [6, 6.07) is 21.5. The highest BCUT2D eigenvalue weighted by atomic mass is 79.9. The maximum absolute atomic E-state index is 13.6. The minimum atomic E-state index is -0.622. The number of aliphatic hydroxyl groups excluding tert-OH is 1. The van der Waals surface area contributed by atoms with Gasteiger partial charge in [-0.25, -0.2) is 4.79 Å². The fraction of sp³-hybridized carbons (Fsp3) is 0.148. The summed E-state index contributed by atoms with van der Waals surface area (Å²) in [7, 11) is 1.29. The third kappa shape index (κ3) is 5.03. The Hall–Kier alpha value is -3.75. The number of carbonyl (C=O) groups is 2. The molecule has 4 rings (SSSR count). The first-order valence-electron chi connectivity index (χ1n) is 10.9. The Morgan fingerprint density at radius 2 is 1.71 bits per heavy atom. The normalized spacial score (nSPS) is 10.8. The van der Waals surface area contributed by atoms with Crippen LogP contribution in [0.1, 0.15) is 26.4 Å². The van der Waals surface area contributed by atoms with Crippen LogP contribution in [0.2, 0.25) is 0 Å². The number of nitrogens with one attached hydrogen (secondary N) is 1. The Balaban J connectivity index is 1.90. The van der Waals surface area contributed by atoms with E-state index in [0.717, 1.165) is 15.6 Å². The number of carbonyl (C=O) groups excluding carboxylic acids is 2. The third-order valence-electron chi connectivity index (χ3n) is 5.63. The fourth-order valence-corrected chi connectivity index (χ4v) is 4.35. The van der Waals surface area contributed by atoms with E-state index in [1.54, 1.807) is 36.4 Å². The molecule has 7 nitrogen and oxygen atoms in total. The Labute approximate surface area is 210 Å². The first kappa shape index (κ1) is 24.4. The Kier molecular flexibility index (Phi) is 7.43. The van der Waals surface area contributed by atoms with E-state index in [2.05, 4.69) is 21.2 Å². The highest BCUT2D eigenvalue weighted by molar-refractivity contribution is 9.10. The number of pyridine rings is 1. The minimum absolute atomic E-state index is 0.105. The highest BCUT2D eigenvalue weighted by Gasteiger charge is 2.24. The molecule has 0 unspecified atom stereocenters. The van der Waals surface area contributed by atoms with Gasteiger partial charge in [0.2, 0.25) is 0 Å². The minimum Gasteiger partial charge on any atom is -0.464 e. The number of amides is 1. The standard InChI is InChI=1S/C27H23BrN2O5/c1-35-27(34)24-23(18-5-3-2-4-6-18)22-15-20(28)11-12-21(22)26(33)30(24)16-17-7-9-19(10-8-17)25(32)29-13-14-31/h2-12,15,31H,13-14,16H2,1H3,(H,29,32). The Morgan fingerprint density at radius 1 is 1.00 bits per heavy atom. The number of halogens is 1. The molecule has 0 saturated carbocycles. The first-order chi connectivity index (χ1) is 16.9. The van der Waals surface area contributed by atoms with Crippen molar-refractivity contribution in [2.75, 3.05) is 20.3 Å². The number of aromatic nitrogens is 1. The molecule has 0 aliphatic rings. The monoisotopic (exact) mass is 534 g/mol. The lowest BCUT2D eigenvalue weighted by Gasteiger charge is -2.19. The van der Waals surface area contributed by atoms with Gasteiger partial charge in [0.15, 0.2) is 0 Å². The van der Waals surface area contributed by atoms with Crippen molar-refractivity contribution in [2.45, 2.75) is 6.54 Å². The van der Waals surface area contributed by atoms with E-state index in [4.69, 9.17) is 9.84 Å². The van der Waals surface area contributed by atoms with Crippen LogP contribution in [0.3, 0.4) is 0 Å². The number of hydrogen-bond donors (Lipinski definition) is 2. The van der Waals surface area contributed by atoms with Gasteiger partial charge in [0, 0.05) is 27.5 Å². The summed E-state index contributed by atoms with van der Waals surface area (Å²) >= 11 is 3.48. The van der Waals surface area contributed by atoms with Gasteiger partial charge in [0.25, 0.3) is 11.5 Å². The summed E-state index contributed by atoms with van der Waals surface area (Å²) in [5.41, 5.74) is 2.37. The largest absolute Gasteiger partial charge is 0.464 e. The Bertz CT molecular complexity index is 1450. The summed E-state index contributed by atoms with van der Waals surface area (Å²) in [5, 5.41) is 12.6. The molecule has 8 heteroatoms. The van der Waals surface area contributed by atoms with Crippen molar-refractivity contribution in [3.63, 3.8) is 0 Å². The second-order valence-electron chi connectivity index (χ2n) is 7.84. The zero-order chi connectivity index (χ0) is 24.9. The van der Waals surface area contributed by atoms with Gasteiger partial charge in [-0.2, -0.15) is 0 Å². The van der Waals surface area contributed by atoms with E-state index >= 15 is 0 Å². The fourth-order valence-electron chi connectivity index (χ4n) is 3.99. The lowest BCUT2D eigenvalue weighted by Crippen LogP contribution is -2.29. The average molecular weight is 535 g/mol. The number of hydrogen-bond acceptors (Lipinski definition) is 5. The Morgan fingerprint density at radius 3 is 2.37 bits per heavy atom. The molecule has 1 heterocycles. The van der Waals surface area contributed by atoms with Crippen LogP contribution in [0.4, 0.5) is 0 Å². The van der Waals surface area contributed by atoms with Crippen LogP contribution in [0.25, 0.3) is 21.9 Å². The second-order valence-corrected chi connectivity index (χ2v) is 8.75.